The van der Waals surface area contributed by atoms with E-state index in [9.17, 15) is 18.0 Å². The number of nitrogens with zero attached hydrogens (tertiary/aromatic N) is 3. The molecule has 2 heterocycles. The second-order valence-corrected chi connectivity index (χ2v) is 4.95. The Hall–Kier alpha value is -1.94. The number of hydrogen-bond acceptors (Lipinski definition) is 5. The van der Waals surface area contributed by atoms with Crippen LogP contribution >= 0.6 is 0 Å². The van der Waals surface area contributed by atoms with Crippen LogP contribution in [0, 0.1) is 0 Å². The van der Waals surface area contributed by atoms with Crippen molar-refractivity contribution in [2.75, 3.05) is 38.7 Å². The van der Waals surface area contributed by atoms with Crippen molar-refractivity contribution >= 4 is 11.8 Å². The molecule has 0 saturated carbocycles. The van der Waals surface area contributed by atoms with Gasteiger partial charge in [-0.2, -0.15) is 13.2 Å². The van der Waals surface area contributed by atoms with Gasteiger partial charge in [-0.15, -0.1) is 10.2 Å². The smallest absolute Gasteiger partial charge is 0.382 e. The van der Waals surface area contributed by atoms with E-state index in [0.29, 0.717) is 32.7 Å². The third-order valence-corrected chi connectivity index (χ3v) is 3.26. The van der Waals surface area contributed by atoms with Gasteiger partial charge in [-0.1, -0.05) is 0 Å². The highest BCUT2D eigenvalue weighted by Gasteiger charge is 2.33. The van der Waals surface area contributed by atoms with E-state index in [0.717, 1.165) is 12.1 Å². The molecule has 1 N–H and O–H groups in total. The second kappa shape index (κ2) is 7.55. The Balaban J connectivity index is 1.83. The van der Waals surface area contributed by atoms with Gasteiger partial charge < -0.3 is 14.4 Å². The molecule has 0 radical (unpaired) electrons. The summed E-state index contributed by atoms with van der Waals surface area (Å²) >= 11 is 0. The Bertz CT molecular complexity index is 524. The van der Waals surface area contributed by atoms with Crippen molar-refractivity contribution in [1.29, 1.82) is 0 Å². The number of hydrogen-bond donors (Lipinski definition) is 1. The normalized spacial score (nSPS) is 18.3. The van der Waals surface area contributed by atoms with Crippen LogP contribution in [0.2, 0.25) is 0 Å². The van der Waals surface area contributed by atoms with Crippen LogP contribution in [-0.4, -0.2) is 60.6 Å². The van der Waals surface area contributed by atoms with Crippen LogP contribution in [0.4, 0.5) is 23.8 Å². The molecule has 128 valence electrons. The Morgan fingerprint density at radius 1 is 1.39 bits per heavy atom. The molecule has 1 atom stereocenters. The van der Waals surface area contributed by atoms with Crippen molar-refractivity contribution in [2.45, 2.75) is 18.7 Å². The van der Waals surface area contributed by atoms with Gasteiger partial charge in [0.2, 0.25) is 0 Å². The number of likely N-dealkylation sites (tertiary alicyclic amines) is 1. The van der Waals surface area contributed by atoms with Gasteiger partial charge in [-0.3, -0.25) is 5.32 Å². The zero-order valence-electron chi connectivity index (χ0n) is 12.5. The van der Waals surface area contributed by atoms with Crippen molar-refractivity contribution in [3.63, 3.8) is 0 Å². The summed E-state index contributed by atoms with van der Waals surface area (Å²) in [5.41, 5.74) is -1.11. The van der Waals surface area contributed by atoms with Gasteiger partial charge >= 0.3 is 12.2 Å². The maximum atomic E-state index is 12.4. The number of halogens is 3. The average Bonchev–Trinajstić information content (AvgIpc) is 2.96. The lowest BCUT2D eigenvalue weighted by atomic mass is 10.3. The van der Waals surface area contributed by atoms with Crippen molar-refractivity contribution in [2.24, 2.45) is 0 Å². The number of nitrogens with one attached hydrogen (secondary N) is 1. The van der Waals surface area contributed by atoms with E-state index >= 15 is 0 Å². The number of ether oxygens (including phenoxy) is 2. The first-order valence-electron chi connectivity index (χ1n) is 6.97. The van der Waals surface area contributed by atoms with E-state index in [1.165, 1.54) is 4.90 Å². The molecule has 1 aromatic rings. The predicted octanol–water partition coefficient (Wildman–Crippen LogP) is 1.76. The zero-order chi connectivity index (χ0) is 16.9. The number of anilines is 1. The molecule has 23 heavy (non-hydrogen) atoms. The molecule has 0 bridgehead atoms. The summed E-state index contributed by atoms with van der Waals surface area (Å²) < 4.78 is 47.5. The third kappa shape index (κ3) is 5.03. The monoisotopic (exact) mass is 334 g/mol. The molecule has 1 unspecified atom stereocenters. The third-order valence-electron chi connectivity index (χ3n) is 3.26. The molecule has 2 amide bonds. The first-order valence-corrected chi connectivity index (χ1v) is 6.97. The zero-order valence-corrected chi connectivity index (χ0v) is 12.5. The Morgan fingerprint density at radius 2 is 2.17 bits per heavy atom. The largest absolute Gasteiger partial charge is 0.435 e. The summed E-state index contributed by atoms with van der Waals surface area (Å²) in [4.78, 5) is 13.5. The van der Waals surface area contributed by atoms with Crippen LogP contribution in [0.25, 0.3) is 0 Å². The molecular formula is C13H17F3N4O3. The van der Waals surface area contributed by atoms with Crippen LogP contribution in [-0.2, 0) is 15.7 Å². The maximum absolute atomic E-state index is 12.4. The highest BCUT2D eigenvalue weighted by Crippen LogP contribution is 2.27. The van der Waals surface area contributed by atoms with E-state index in [2.05, 4.69) is 15.5 Å². The molecule has 1 aliphatic heterocycles. The standard InChI is InChI=1S/C13H17F3N4O3/c1-22-6-7-23-9-4-5-20(8-9)12(21)17-11-3-2-10(18-19-11)13(14,15)16/h2-3,9H,4-8H2,1H3,(H,17,19,21). The molecule has 0 aromatic carbocycles. The first-order chi connectivity index (χ1) is 10.9. The number of carbonyl (C=O) groups excluding carboxylic acids is 1. The van der Waals surface area contributed by atoms with Crippen molar-refractivity contribution < 1.29 is 27.4 Å². The van der Waals surface area contributed by atoms with Gasteiger partial charge in [0.05, 0.1) is 19.3 Å². The highest BCUT2D eigenvalue weighted by molar-refractivity contribution is 5.88. The Morgan fingerprint density at radius 3 is 2.78 bits per heavy atom. The first kappa shape index (κ1) is 17.4. The second-order valence-electron chi connectivity index (χ2n) is 4.95. The van der Waals surface area contributed by atoms with E-state index in [1.807, 2.05) is 0 Å². The average molecular weight is 334 g/mol. The van der Waals surface area contributed by atoms with Gasteiger partial charge in [-0.25, -0.2) is 4.79 Å². The lowest BCUT2D eigenvalue weighted by Gasteiger charge is -2.17. The number of methoxy groups -OCH3 is 1. The topological polar surface area (TPSA) is 76.6 Å². The summed E-state index contributed by atoms with van der Waals surface area (Å²) in [5.74, 6) is -0.0354. The summed E-state index contributed by atoms with van der Waals surface area (Å²) in [6, 6.07) is 1.39. The Kier molecular flexibility index (Phi) is 5.72. The molecule has 1 fully saturated rings. The van der Waals surface area contributed by atoms with Gasteiger partial charge in [0.25, 0.3) is 0 Å². The van der Waals surface area contributed by atoms with Crippen molar-refractivity contribution in [3.05, 3.63) is 17.8 Å². The SMILES string of the molecule is COCCOC1CCN(C(=O)Nc2ccc(C(F)(F)F)nn2)C1. The fraction of sp³-hybridized carbons (Fsp3) is 0.615. The number of rotatable bonds is 5. The molecular weight excluding hydrogens is 317 g/mol. The van der Waals surface area contributed by atoms with E-state index in [4.69, 9.17) is 9.47 Å². The van der Waals surface area contributed by atoms with Gasteiger partial charge in [0, 0.05) is 20.2 Å². The number of amides is 2. The summed E-state index contributed by atoms with van der Waals surface area (Å²) in [6.07, 6.45) is -3.94. The van der Waals surface area contributed by atoms with Crippen LogP contribution in [0.1, 0.15) is 12.1 Å². The number of carbonyl (C=O) groups is 1. The number of aromatic nitrogens is 2. The highest BCUT2D eigenvalue weighted by atomic mass is 19.4. The minimum absolute atomic E-state index is 0.0354. The van der Waals surface area contributed by atoms with Gasteiger partial charge in [-0.05, 0) is 18.6 Å². The van der Waals surface area contributed by atoms with Gasteiger partial charge in [0.1, 0.15) is 0 Å². The van der Waals surface area contributed by atoms with E-state index in [-0.39, 0.29) is 11.9 Å². The molecule has 1 aliphatic rings. The summed E-state index contributed by atoms with van der Waals surface area (Å²) in [5, 5.41) is 8.82. The molecule has 2 rings (SSSR count). The number of urea groups is 1. The lowest BCUT2D eigenvalue weighted by molar-refractivity contribution is -0.141. The fourth-order valence-electron chi connectivity index (χ4n) is 2.09. The van der Waals surface area contributed by atoms with E-state index in [1.54, 1.807) is 7.11 Å². The van der Waals surface area contributed by atoms with Crippen molar-refractivity contribution in [3.8, 4) is 0 Å². The minimum atomic E-state index is -4.56. The fourth-order valence-corrected chi connectivity index (χ4v) is 2.09. The van der Waals surface area contributed by atoms with Crippen molar-refractivity contribution in [1.82, 2.24) is 15.1 Å². The molecule has 1 aromatic heterocycles. The van der Waals surface area contributed by atoms with Crippen LogP contribution in [0.5, 0.6) is 0 Å². The summed E-state index contributed by atoms with van der Waals surface area (Å²) in [7, 11) is 1.57. The Labute approximate surface area is 130 Å². The minimum Gasteiger partial charge on any atom is -0.382 e. The van der Waals surface area contributed by atoms with Gasteiger partial charge in [0.15, 0.2) is 11.5 Å². The molecule has 1 saturated heterocycles. The lowest BCUT2D eigenvalue weighted by Crippen LogP contribution is -2.34. The van der Waals surface area contributed by atoms with E-state index < -0.39 is 17.9 Å². The van der Waals surface area contributed by atoms with Crippen LogP contribution < -0.4 is 5.32 Å². The maximum Gasteiger partial charge on any atom is 0.435 e. The molecule has 0 aliphatic carbocycles. The molecule has 7 nitrogen and oxygen atoms in total. The quantitative estimate of drug-likeness (QED) is 0.831. The molecule has 10 heteroatoms. The van der Waals surface area contributed by atoms with Crippen LogP contribution in [0.15, 0.2) is 12.1 Å². The molecule has 0 spiro atoms. The predicted molar refractivity (Wildman–Crippen MR) is 73.9 cm³/mol. The number of alkyl halides is 3. The summed E-state index contributed by atoms with van der Waals surface area (Å²) in [6.45, 7) is 1.83. The van der Waals surface area contributed by atoms with Crippen LogP contribution in [0.3, 0.4) is 0 Å².